The molecular formula is C12H13N2O6P. The smallest absolute Gasteiger partial charge is 0.403 e. The van der Waals surface area contributed by atoms with Crippen LogP contribution in [0.15, 0.2) is 46.9 Å². The third kappa shape index (κ3) is 3.99. The molecule has 0 aliphatic heterocycles. The van der Waals surface area contributed by atoms with Gasteiger partial charge in [0.2, 0.25) is 0 Å². The van der Waals surface area contributed by atoms with Gasteiger partial charge in [0.25, 0.3) is 0 Å². The Morgan fingerprint density at radius 1 is 1.24 bits per heavy atom. The lowest BCUT2D eigenvalue weighted by atomic mass is 10.2. The summed E-state index contributed by atoms with van der Waals surface area (Å²) in [4.78, 5) is 28.5. The minimum atomic E-state index is -4.58. The number of hydrogen-bond donors (Lipinski definition) is 3. The molecule has 1 aromatic carbocycles. The van der Waals surface area contributed by atoms with Crippen molar-refractivity contribution in [1.29, 1.82) is 0 Å². The van der Waals surface area contributed by atoms with E-state index >= 15 is 0 Å². The number of benzene rings is 1. The summed E-state index contributed by atoms with van der Waals surface area (Å²) in [6.07, 6.45) is 0. The average Bonchev–Trinajstić information content (AvgIpc) is 2.88. The van der Waals surface area contributed by atoms with Crippen molar-refractivity contribution in [3.8, 4) is 0 Å². The van der Waals surface area contributed by atoms with Crippen LogP contribution in [0.25, 0.3) is 0 Å². The SMILES string of the molecule is O=[N+]([O-])c1ccc(C(NCc2ccccc2)P(=O)(O)O)o1. The van der Waals surface area contributed by atoms with Gasteiger partial charge in [0.15, 0.2) is 5.78 Å². The van der Waals surface area contributed by atoms with Gasteiger partial charge in [-0.15, -0.1) is 0 Å². The zero-order valence-corrected chi connectivity index (χ0v) is 11.6. The average molecular weight is 312 g/mol. The molecule has 1 heterocycles. The number of nitrogens with zero attached hydrogens (tertiary/aromatic N) is 1. The van der Waals surface area contributed by atoms with E-state index in [0.717, 1.165) is 11.6 Å². The van der Waals surface area contributed by atoms with Crippen LogP contribution in [0.5, 0.6) is 0 Å². The molecule has 2 aromatic rings. The lowest BCUT2D eigenvalue weighted by Crippen LogP contribution is -2.20. The molecule has 0 amide bonds. The Kier molecular flexibility index (Phi) is 4.54. The van der Waals surface area contributed by atoms with Crippen LogP contribution >= 0.6 is 7.60 Å². The highest BCUT2D eigenvalue weighted by Gasteiger charge is 2.34. The van der Waals surface area contributed by atoms with Gasteiger partial charge in [-0.3, -0.25) is 20.0 Å². The van der Waals surface area contributed by atoms with Crippen LogP contribution in [0, 0.1) is 10.1 Å². The van der Waals surface area contributed by atoms with Crippen molar-refractivity contribution in [2.24, 2.45) is 0 Å². The minimum Gasteiger partial charge on any atom is -0.403 e. The summed E-state index contributed by atoms with van der Waals surface area (Å²) in [6, 6.07) is 11.2. The molecule has 21 heavy (non-hydrogen) atoms. The first-order chi connectivity index (χ1) is 9.88. The number of nitrogens with one attached hydrogen (secondary N) is 1. The molecule has 1 atom stereocenters. The summed E-state index contributed by atoms with van der Waals surface area (Å²) in [6.45, 7) is 0.186. The Bertz CT molecular complexity index is 665. The van der Waals surface area contributed by atoms with Crippen LogP contribution < -0.4 is 5.32 Å². The van der Waals surface area contributed by atoms with Gasteiger partial charge in [-0.25, -0.2) is 0 Å². The molecule has 0 radical (unpaired) electrons. The van der Waals surface area contributed by atoms with Gasteiger partial charge >= 0.3 is 13.5 Å². The fourth-order valence-electron chi connectivity index (χ4n) is 1.78. The zero-order valence-electron chi connectivity index (χ0n) is 10.7. The van der Waals surface area contributed by atoms with E-state index in [1.54, 1.807) is 24.3 Å². The Balaban J connectivity index is 2.18. The van der Waals surface area contributed by atoms with Crippen LogP contribution in [-0.4, -0.2) is 14.7 Å². The highest BCUT2D eigenvalue weighted by Crippen LogP contribution is 2.50. The lowest BCUT2D eigenvalue weighted by molar-refractivity contribution is -0.402. The molecular weight excluding hydrogens is 299 g/mol. The van der Waals surface area contributed by atoms with E-state index in [2.05, 4.69) is 5.32 Å². The van der Waals surface area contributed by atoms with Crippen molar-refractivity contribution in [3.05, 3.63) is 63.9 Å². The second-order valence-electron chi connectivity index (χ2n) is 4.29. The molecule has 0 saturated carbocycles. The van der Waals surface area contributed by atoms with Crippen LogP contribution in [-0.2, 0) is 11.1 Å². The minimum absolute atomic E-state index is 0.175. The molecule has 1 aromatic heterocycles. The zero-order chi connectivity index (χ0) is 15.5. The van der Waals surface area contributed by atoms with Gasteiger partial charge in [-0.1, -0.05) is 30.3 Å². The van der Waals surface area contributed by atoms with Crippen molar-refractivity contribution < 1.29 is 23.7 Å². The molecule has 0 fully saturated rings. The van der Waals surface area contributed by atoms with Crippen LogP contribution in [0.2, 0.25) is 0 Å². The Labute approximate surface area is 119 Å². The van der Waals surface area contributed by atoms with E-state index in [9.17, 15) is 24.5 Å². The van der Waals surface area contributed by atoms with Gasteiger partial charge < -0.3 is 14.2 Å². The summed E-state index contributed by atoms with van der Waals surface area (Å²) in [5.74, 6) is -2.18. The van der Waals surface area contributed by atoms with E-state index in [4.69, 9.17) is 4.42 Å². The Hall–Kier alpha value is -1.99. The van der Waals surface area contributed by atoms with Gasteiger partial charge in [-0.05, 0) is 11.6 Å². The fourth-order valence-corrected chi connectivity index (χ4v) is 2.58. The number of rotatable bonds is 6. The lowest BCUT2D eigenvalue weighted by Gasteiger charge is -2.17. The summed E-state index contributed by atoms with van der Waals surface area (Å²) < 4.78 is 16.4. The maximum Gasteiger partial charge on any atom is 0.433 e. The molecule has 8 nitrogen and oxygen atoms in total. The van der Waals surface area contributed by atoms with Crippen molar-refractivity contribution in [3.63, 3.8) is 0 Å². The largest absolute Gasteiger partial charge is 0.433 e. The fraction of sp³-hybridized carbons (Fsp3) is 0.167. The first kappa shape index (κ1) is 15.4. The first-order valence-corrected chi connectivity index (χ1v) is 7.63. The summed E-state index contributed by atoms with van der Waals surface area (Å²) in [5, 5.41) is 13.2. The van der Waals surface area contributed by atoms with Gasteiger partial charge in [0, 0.05) is 6.54 Å². The monoisotopic (exact) mass is 312 g/mol. The number of furan rings is 1. The number of nitro groups is 1. The van der Waals surface area contributed by atoms with Crippen LogP contribution in [0.3, 0.4) is 0 Å². The second kappa shape index (κ2) is 6.19. The van der Waals surface area contributed by atoms with Crippen molar-refractivity contribution in [1.82, 2.24) is 5.32 Å². The maximum atomic E-state index is 11.5. The topological polar surface area (TPSA) is 126 Å². The molecule has 112 valence electrons. The van der Waals surface area contributed by atoms with E-state index in [0.29, 0.717) is 0 Å². The highest BCUT2D eigenvalue weighted by molar-refractivity contribution is 7.52. The van der Waals surface area contributed by atoms with E-state index in [-0.39, 0.29) is 12.3 Å². The quantitative estimate of drug-likeness (QED) is 0.424. The third-order valence-corrected chi connectivity index (χ3v) is 3.85. The Morgan fingerprint density at radius 2 is 1.90 bits per heavy atom. The van der Waals surface area contributed by atoms with Gasteiger partial charge in [0.1, 0.15) is 10.7 Å². The Morgan fingerprint density at radius 3 is 2.43 bits per heavy atom. The predicted molar refractivity (Wildman–Crippen MR) is 73.4 cm³/mol. The van der Waals surface area contributed by atoms with Crippen molar-refractivity contribution in [2.75, 3.05) is 0 Å². The van der Waals surface area contributed by atoms with Crippen LogP contribution in [0.4, 0.5) is 5.88 Å². The standard InChI is InChI=1S/C12H13N2O6P/c15-14(16)11-7-6-10(20-11)12(21(17,18)19)13-8-9-4-2-1-3-5-9/h1-7,12-13H,8H2,(H2,17,18,19). The highest BCUT2D eigenvalue weighted by atomic mass is 31.2. The van der Waals surface area contributed by atoms with Gasteiger partial charge in [0.05, 0.1) is 6.07 Å². The second-order valence-corrected chi connectivity index (χ2v) is 5.99. The molecule has 1 unspecified atom stereocenters. The normalized spacial score (nSPS) is 13.0. The first-order valence-electron chi connectivity index (χ1n) is 5.94. The van der Waals surface area contributed by atoms with E-state index in [1.165, 1.54) is 6.07 Å². The van der Waals surface area contributed by atoms with E-state index in [1.807, 2.05) is 6.07 Å². The third-order valence-electron chi connectivity index (χ3n) is 2.74. The molecule has 2 rings (SSSR count). The van der Waals surface area contributed by atoms with E-state index < -0.39 is 24.2 Å². The predicted octanol–water partition coefficient (Wildman–Crippen LogP) is 2.15. The molecule has 0 aliphatic carbocycles. The molecule has 3 N–H and O–H groups in total. The summed E-state index contributed by atoms with van der Waals surface area (Å²) in [5.41, 5.74) is 0.817. The van der Waals surface area contributed by atoms with Gasteiger partial charge in [-0.2, -0.15) is 0 Å². The van der Waals surface area contributed by atoms with Crippen molar-refractivity contribution >= 4 is 13.5 Å². The molecule has 9 heteroatoms. The molecule has 0 spiro atoms. The van der Waals surface area contributed by atoms with Crippen LogP contribution in [0.1, 0.15) is 17.1 Å². The van der Waals surface area contributed by atoms with Crippen molar-refractivity contribution in [2.45, 2.75) is 12.3 Å². The molecule has 0 aliphatic rings. The maximum absolute atomic E-state index is 11.5. The summed E-state index contributed by atoms with van der Waals surface area (Å²) in [7, 11) is -4.58. The summed E-state index contributed by atoms with van der Waals surface area (Å²) >= 11 is 0. The molecule has 0 saturated heterocycles. The molecule has 0 bridgehead atoms. The number of hydrogen-bond acceptors (Lipinski definition) is 5.